The zero-order valence-electron chi connectivity index (χ0n) is 28.7. The van der Waals surface area contributed by atoms with Crippen LogP contribution in [0.15, 0.2) is 24.3 Å². The lowest BCUT2D eigenvalue weighted by Crippen LogP contribution is -2.48. The molecule has 1 aliphatic heterocycles. The molecule has 0 aliphatic carbocycles. The first-order chi connectivity index (χ1) is 20.8. The van der Waals surface area contributed by atoms with Gasteiger partial charge in [0.2, 0.25) is 0 Å². The van der Waals surface area contributed by atoms with Gasteiger partial charge in [0.15, 0.2) is 0 Å². The second-order valence-corrected chi connectivity index (χ2v) is 13.3. The van der Waals surface area contributed by atoms with Gasteiger partial charge in [-0.05, 0) is 70.6 Å². The molecule has 42 heavy (non-hydrogen) atoms. The van der Waals surface area contributed by atoms with Crippen LogP contribution in [0, 0.1) is 0 Å². The Hall–Kier alpha value is -0.640. The Balaban J connectivity index is 2.08. The maximum atomic E-state index is 9.35. The molecule has 1 saturated heterocycles. The molecule has 1 aliphatic rings. The fourth-order valence-electron chi connectivity index (χ4n) is 6.34. The summed E-state index contributed by atoms with van der Waals surface area (Å²) in [5.41, 5.74) is 0. The van der Waals surface area contributed by atoms with Crippen molar-refractivity contribution in [1.82, 2.24) is 4.90 Å². The second-order valence-electron chi connectivity index (χ2n) is 13.3. The number of hydrogen-bond donors (Lipinski definition) is 1. The van der Waals surface area contributed by atoms with E-state index in [0.29, 0.717) is 18.8 Å². The summed E-state index contributed by atoms with van der Waals surface area (Å²) >= 11 is 0. The highest BCUT2D eigenvalue weighted by molar-refractivity contribution is 4.82. The highest BCUT2D eigenvalue weighted by Gasteiger charge is 2.26. The summed E-state index contributed by atoms with van der Waals surface area (Å²) < 4.78 is 6.60. The normalized spacial score (nSPS) is 18.2. The molecule has 0 aromatic rings. The number of ether oxygens (including phenoxy) is 1. The average molecular weight is 590 g/mol. The molecular weight excluding hydrogens is 514 g/mol. The van der Waals surface area contributed by atoms with E-state index in [-0.39, 0.29) is 0 Å². The lowest BCUT2D eigenvalue weighted by molar-refractivity contribution is -0.0925. The molecule has 3 heteroatoms. The van der Waals surface area contributed by atoms with Crippen molar-refractivity contribution in [1.29, 1.82) is 0 Å². The zero-order valence-corrected chi connectivity index (χ0v) is 28.7. The summed E-state index contributed by atoms with van der Waals surface area (Å²) in [7, 11) is 0. The Morgan fingerprint density at radius 2 is 0.857 bits per heavy atom. The van der Waals surface area contributed by atoms with Gasteiger partial charge in [-0.25, -0.2) is 0 Å². The van der Waals surface area contributed by atoms with Crippen molar-refractivity contribution >= 4 is 0 Å². The molecule has 0 radical (unpaired) electrons. The van der Waals surface area contributed by atoms with Gasteiger partial charge in [0.1, 0.15) is 0 Å². The maximum Gasteiger partial charge on any atom is 0.0706 e. The fourth-order valence-corrected chi connectivity index (χ4v) is 6.34. The Bertz CT molecular complexity index is 543. The number of aliphatic hydroxyl groups excluding tert-OH is 1. The van der Waals surface area contributed by atoms with Gasteiger partial charge in [0.25, 0.3) is 0 Å². The van der Waals surface area contributed by atoms with Crippen molar-refractivity contribution in [3.63, 3.8) is 0 Å². The third kappa shape index (κ3) is 25.8. The predicted octanol–water partition coefficient (Wildman–Crippen LogP) is 11.7. The minimum Gasteiger partial charge on any atom is -0.396 e. The van der Waals surface area contributed by atoms with Gasteiger partial charge >= 0.3 is 0 Å². The third-order valence-electron chi connectivity index (χ3n) is 9.02. The fraction of sp³-hybridized carbons (Fsp3) is 0.897. The molecule has 1 heterocycles. The Kier molecular flexibility index (Phi) is 29.8. The minimum absolute atomic E-state index is 0.299. The minimum atomic E-state index is 0.299. The molecule has 3 nitrogen and oxygen atoms in total. The van der Waals surface area contributed by atoms with Gasteiger partial charge in [0, 0.05) is 26.2 Å². The van der Waals surface area contributed by atoms with Crippen LogP contribution in [0.3, 0.4) is 0 Å². The molecule has 248 valence electrons. The largest absolute Gasteiger partial charge is 0.396 e. The van der Waals surface area contributed by atoms with E-state index in [1.165, 1.54) is 167 Å². The van der Waals surface area contributed by atoms with E-state index < -0.39 is 0 Å². The number of rotatable bonds is 31. The monoisotopic (exact) mass is 590 g/mol. The summed E-state index contributed by atoms with van der Waals surface area (Å²) in [4.78, 5) is 2.57. The first-order valence-electron chi connectivity index (χ1n) is 19.1. The number of nitrogens with zero attached hydrogens (tertiary/aromatic N) is 1. The van der Waals surface area contributed by atoms with Gasteiger partial charge in [-0.1, -0.05) is 141 Å². The Morgan fingerprint density at radius 1 is 0.500 bits per heavy atom. The van der Waals surface area contributed by atoms with Gasteiger partial charge in [-0.3, -0.25) is 4.90 Å². The van der Waals surface area contributed by atoms with Crippen LogP contribution >= 0.6 is 0 Å². The number of allylic oxidation sites excluding steroid dienone is 4. The number of unbranched alkanes of at least 4 members (excludes halogenated alkanes) is 20. The number of aliphatic hydroxyl groups is 1. The molecule has 0 aromatic heterocycles. The van der Waals surface area contributed by atoms with Crippen molar-refractivity contribution in [3.8, 4) is 0 Å². The van der Waals surface area contributed by atoms with E-state index in [4.69, 9.17) is 4.74 Å². The van der Waals surface area contributed by atoms with Gasteiger partial charge in [-0.15, -0.1) is 0 Å². The van der Waals surface area contributed by atoms with Crippen molar-refractivity contribution in [3.05, 3.63) is 24.3 Å². The topological polar surface area (TPSA) is 32.7 Å². The van der Waals surface area contributed by atoms with Gasteiger partial charge in [-0.2, -0.15) is 0 Å². The molecule has 0 spiro atoms. The summed E-state index contributed by atoms with van der Waals surface area (Å²) in [6.45, 7) is 8.01. The smallest absolute Gasteiger partial charge is 0.0706 e. The highest BCUT2D eigenvalue weighted by atomic mass is 16.5. The van der Waals surface area contributed by atoms with E-state index in [9.17, 15) is 5.11 Å². The Labute approximate surface area is 264 Å². The molecule has 0 saturated carbocycles. The van der Waals surface area contributed by atoms with E-state index in [2.05, 4.69) is 43.1 Å². The lowest BCUT2D eigenvalue weighted by atomic mass is 10.0. The van der Waals surface area contributed by atoms with Gasteiger partial charge < -0.3 is 9.84 Å². The predicted molar refractivity (Wildman–Crippen MR) is 186 cm³/mol. The van der Waals surface area contributed by atoms with E-state index in [0.717, 1.165) is 26.1 Å². The number of morpholine rings is 1. The summed E-state index contributed by atoms with van der Waals surface area (Å²) in [6, 6.07) is 0. The summed E-state index contributed by atoms with van der Waals surface area (Å²) in [6.07, 6.45) is 46.1. The molecule has 2 unspecified atom stereocenters. The first kappa shape index (κ1) is 39.4. The van der Waals surface area contributed by atoms with Crippen LogP contribution in [0.5, 0.6) is 0 Å². The van der Waals surface area contributed by atoms with Crippen molar-refractivity contribution in [2.45, 2.75) is 199 Å². The Morgan fingerprint density at radius 3 is 1.24 bits per heavy atom. The summed E-state index contributed by atoms with van der Waals surface area (Å²) in [5.74, 6) is 0. The van der Waals surface area contributed by atoms with Crippen LogP contribution in [0.1, 0.15) is 187 Å². The third-order valence-corrected chi connectivity index (χ3v) is 9.02. The lowest BCUT2D eigenvalue weighted by Gasteiger charge is -2.38. The quantitative estimate of drug-likeness (QED) is 0.0645. The zero-order chi connectivity index (χ0) is 30.2. The SMILES string of the molecule is CCCCCCCC/C=C\CCCCCCC1CN(CCCO)CC(CCCCCC/C=C\CCCCCCCC)O1. The van der Waals surface area contributed by atoms with Crippen LogP contribution in [-0.4, -0.2) is 48.5 Å². The van der Waals surface area contributed by atoms with Crippen LogP contribution in [0.2, 0.25) is 0 Å². The molecule has 0 amide bonds. The van der Waals surface area contributed by atoms with E-state index in [1.54, 1.807) is 0 Å². The molecular formula is C39H75NO2. The molecule has 0 aromatic carbocycles. The van der Waals surface area contributed by atoms with Crippen molar-refractivity contribution in [2.24, 2.45) is 0 Å². The molecule has 1 rings (SSSR count). The van der Waals surface area contributed by atoms with Crippen LogP contribution in [0.25, 0.3) is 0 Å². The average Bonchev–Trinajstić information content (AvgIpc) is 3.00. The first-order valence-corrected chi connectivity index (χ1v) is 19.1. The van der Waals surface area contributed by atoms with Crippen LogP contribution in [-0.2, 0) is 4.74 Å². The van der Waals surface area contributed by atoms with Gasteiger partial charge in [0.05, 0.1) is 12.2 Å². The second kappa shape index (κ2) is 31.8. The van der Waals surface area contributed by atoms with Crippen molar-refractivity contribution in [2.75, 3.05) is 26.2 Å². The van der Waals surface area contributed by atoms with E-state index in [1.807, 2.05) is 0 Å². The molecule has 0 bridgehead atoms. The highest BCUT2D eigenvalue weighted by Crippen LogP contribution is 2.21. The van der Waals surface area contributed by atoms with Crippen molar-refractivity contribution < 1.29 is 9.84 Å². The van der Waals surface area contributed by atoms with E-state index >= 15 is 0 Å². The molecule has 1 N–H and O–H groups in total. The maximum absolute atomic E-state index is 9.35. The van der Waals surface area contributed by atoms with Crippen LogP contribution in [0.4, 0.5) is 0 Å². The standard InChI is InChI=1S/C39H75NO2/c1-3-5-7-9-11-13-15-17-19-21-23-25-27-29-32-38-36-40(34-31-35-41)37-39(42-38)33-30-28-26-24-22-20-18-16-14-12-10-8-6-4-2/h17-20,38-39,41H,3-16,21-37H2,1-2H3/b19-17-,20-18-. The van der Waals surface area contributed by atoms with Crippen LogP contribution < -0.4 is 0 Å². The number of hydrogen-bond acceptors (Lipinski definition) is 3. The molecule has 2 atom stereocenters. The molecule has 1 fully saturated rings. The summed E-state index contributed by atoms with van der Waals surface area (Å²) in [5, 5.41) is 9.35.